The molecule has 1 aromatic carbocycles. The highest BCUT2D eigenvalue weighted by Gasteiger charge is 2.17. The van der Waals surface area contributed by atoms with Crippen molar-refractivity contribution < 1.29 is 4.79 Å². The molecule has 0 radical (unpaired) electrons. The maximum atomic E-state index is 12.1. The van der Waals surface area contributed by atoms with Crippen LogP contribution in [-0.4, -0.2) is 16.1 Å². The summed E-state index contributed by atoms with van der Waals surface area (Å²) in [5.74, 6) is 0.255. The van der Waals surface area contributed by atoms with Gasteiger partial charge in [-0.1, -0.05) is 32.4 Å². The number of rotatable bonds is 2. The van der Waals surface area contributed by atoms with Gasteiger partial charge in [0.15, 0.2) is 5.82 Å². The Bertz CT molecular complexity index is 646. The highest BCUT2D eigenvalue weighted by molar-refractivity contribution is 9.10. The van der Waals surface area contributed by atoms with Crippen molar-refractivity contribution in [3.8, 4) is 0 Å². The molecule has 0 aliphatic carbocycles. The van der Waals surface area contributed by atoms with E-state index in [0.717, 1.165) is 10.2 Å². The van der Waals surface area contributed by atoms with Crippen LogP contribution < -0.4 is 5.32 Å². The molecule has 1 heterocycles. The summed E-state index contributed by atoms with van der Waals surface area (Å²) in [4.78, 5) is 12.1. The maximum absolute atomic E-state index is 12.1. The number of carbonyl (C=O) groups excluding carboxylic acids is 1. The van der Waals surface area contributed by atoms with Gasteiger partial charge in [-0.2, -0.15) is 5.10 Å². The van der Waals surface area contributed by atoms with Gasteiger partial charge >= 0.3 is 0 Å². The lowest BCUT2D eigenvalue weighted by Gasteiger charge is -2.14. The number of hydrogen-bond donors (Lipinski definition) is 2. The average Bonchev–Trinajstić information content (AvgIpc) is 2.81. The van der Waals surface area contributed by atoms with E-state index in [2.05, 4.69) is 52.2 Å². The van der Waals surface area contributed by atoms with Gasteiger partial charge < -0.3 is 5.32 Å². The standard InChI is InChI=1S/C14H15BrClN3O/c1-14(2,3)11-7-12(19-18-11)17-13(20)8-4-5-9(15)10(16)6-8/h4-7H,1-3H3,(H2,17,18,19,20). The molecule has 4 nitrogen and oxygen atoms in total. The molecule has 0 saturated heterocycles. The molecule has 0 aliphatic heterocycles. The lowest BCUT2D eigenvalue weighted by Crippen LogP contribution is -2.12. The van der Waals surface area contributed by atoms with Crippen LogP contribution in [0.1, 0.15) is 36.8 Å². The molecule has 2 N–H and O–H groups in total. The van der Waals surface area contributed by atoms with E-state index < -0.39 is 0 Å². The van der Waals surface area contributed by atoms with E-state index in [4.69, 9.17) is 11.6 Å². The Morgan fingerprint density at radius 1 is 1.35 bits per heavy atom. The SMILES string of the molecule is CC(C)(C)c1cc(NC(=O)c2ccc(Br)c(Cl)c2)n[nH]1. The first-order valence-electron chi connectivity index (χ1n) is 6.09. The molecule has 1 aromatic heterocycles. The predicted octanol–water partition coefficient (Wildman–Crippen LogP) is 4.38. The van der Waals surface area contributed by atoms with Gasteiger partial charge in [-0.15, -0.1) is 0 Å². The topological polar surface area (TPSA) is 57.8 Å². The van der Waals surface area contributed by atoms with Gasteiger partial charge in [0.25, 0.3) is 5.91 Å². The normalized spacial score (nSPS) is 11.4. The van der Waals surface area contributed by atoms with Gasteiger partial charge in [0.05, 0.1) is 5.02 Å². The highest BCUT2D eigenvalue weighted by Crippen LogP contribution is 2.24. The quantitative estimate of drug-likeness (QED) is 0.839. The van der Waals surface area contributed by atoms with Gasteiger partial charge in [0, 0.05) is 27.2 Å². The van der Waals surface area contributed by atoms with Crippen molar-refractivity contribution in [2.45, 2.75) is 26.2 Å². The van der Waals surface area contributed by atoms with Crippen LogP contribution in [-0.2, 0) is 5.41 Å². The van der Waals surface area contributed by atoms with Gasteiger partial charge in [-0.25, -0.2) is 0 Å². The predicted molar refractivity (Wildman–Crippen MR) is 84.4 cm³/mol. The van der Waals surface area contributed by atoms with Gasteiger partial charge in [-0.05, 0) is 34.1 Å². The van der Waals surface area contributed by atoms with E-state index in [-0.39, 0.29) is 11.3 Å². The number of nitrogens with one attached hydrogen (secondary N) is 2. The number of aromatic nitrogens is 2. The summed E-state index contributed by atoms with van der Waals surface area (Å²) in [5.41, 5.74) is 1.40. The molecular weight excluding hydrogens is 342 g/mol. The Labute approximate surface area is 131 Å². The largest absolute Gasteiger partial charge is 0.305 e. The first kappa shape index (κ1) is 15.1. The molecule has 0 spiro atoms. The molecule has 1 amide bonds. The second-order valence-electron chi connectivity index (χ2n) is 5.50. The third-order valence-electron chi connectivity index (χ3n) is 2.81. The van der Waals surface area contributed by atoms with Crippen molar-refractivity contribution in [1.82, 2.24) is 10.2 Å². The van der Waals surface area contributed by atoms with Crippen molar-refractivity contribution in [3.63, 3.8) is 0 Å². The van der Waals surface area contributed by atoms with E-state index >= 15 is 0 Å². The monoisotopic (exact) mass is 355 g/mol. The molecule has 6 heteroatoms. The van der Waals surface area contributed by atoms with E-state index in [1.54, 1.807) is 18.2 Å². The number of H-pyrrole nitrogens is 1. The third kappa shape index (κ3) is 3.41. The molecule has 0 atom stereocenters. The Hall–Kier alpha value is -1.33. The zero-order chi connectivity index (χ0) is 14.9. The number of halogens is 2. The minimum atomic E-state index is -0.244. The van der Waals surface area contributed by atoms with Crippen molar-refractivity contribution in [2.75, 3.05) is 5.32 Å². The first-order chi connectivity index (χ1) is 9.27. The molecule has 0 bridgehead atoms. The zero-order valence-electron chi connectivity index (χ0n) is 11.4. The minimum Gasteiger partial charge on any atom is -0.305 e. The summed E-state index contributed by atoms with van der Waals surface area (Å²) < 4.78 is 0.755. The van der Waals surface area contributed by atoms with Crippen LogP contribution in [0.4, 0.5) is 5.82 Å². The number of carbonyl (C=O) groups is 1. The van der Waals surface area contributed by atoms with Gasteiger partial charge in [0.1, 0.15) is 0 Å². The summed E-state index contributed by atoms with van der Waals surface area (Å²) in [5, 5.41) is 10.3. The minimum absolute atomic E-state index is 0.0447. The van der Waals surface area contributed by atoms with Crippen molar-refractivity contribution in [1.29, 1.82) is 0 Å². The summed E-state index contributed by atoms with van der Waals surface area (Å²) in [6, 6.07) is 6.88. The fourth-order valence-electron chi connectivity index (χ4n) is 1.60. The fraction of sp³-hybridized carbons (Fsp3) is 0.286. The van der Waals surface area contributed by atoms with Crippen LogP contribution in [0.15, 0.2) is 28.7 Å². The molecule has 2 rings (SSSR count). The molecule has 20 heavy (non-hydrogen) atoms. The summed E-state index contributed by atoms with van der Waals surface area (Å²) >= 11 is 9.27. The average molecular weight is 357 g/mol. The van der Waals surface area contributed by atoms with Crippen LogP contribution >= 0.6 is 27.5 Å². The zero-order valence-corrected chi connectivity index (χ0v) is 13.8. The molecule has 0 unspecified atom stereocenters. The number of hydrogen-bond acceptors (Lipinski definition) is 2. The van der Waals surface area contributed by atoms with Crippen LogP contribution in [0, 0.1) is 0 Å². The van der Waals surface area contributed by atoms with Crippen LogP contribution in [0.25, 0.3) is 0 Å². The van der Waals surface area contributed by atoms with E-state index in [9.17, 15) is 4.79 Å². The number of aromatic amines is 1. The molecule has 2 aromatic rings. The Kier molecular flexibility index (Phi) is 4.20. The number of amides is 1. The number of anilines is 1. The Balaban J connectivity index is 2.15. The van der Waals surface area contributed by atoms with Crippen molar-refractivity contribution in [2.24, 2.45) is 0 Å². The summed E-state index contributed by atoms with van der Waals surface area (Å²) in [6.07, 6.45) is 0. The second-order valence-corrected chi connectivity index (χ2v) is 6.76. The lowest BCUT2D eigenvalue weighted by atomic mass is 9.92. The van der Waals surface area contributed by atoms with Crippen LogP contribution in [0.2, 0.25) is 5.02 Å². The van der Waals surface area contributed by atoms with Crippen LogP contribution in [0.5, 0.6) is 0 Å². The molecule has 106 valence electrons. The maximum Gasteiger partial charge on any atom is 0.256 e. The molecule has 0 fully saturated rings. The van der Waals surface area contributed by atoms with Crippen molar-refractivity contribution in [3.05, 3.63) is 45.0 Å². The summed E-state index contributed by atoms with van der Waals surface area (Å²) in [6.45, 7) is 6.21. The smallest absolute Gasteiger partial charge is 0.256 e. The second kappa shape index (κ2) is 5.58. The Morgan fingerprint density at radius 3 is 2.60 bits per heavy atom. The van der Waals surface area contributed by atoms with E-state index in [1.165, 1.54) is 0 Å². The fourth-order valence-corrected chi connectivity index (χ4v) is 2.02. The molecule has 0 aliphatic rings. The van der Waals surface area contributed by atoms with E-state index in [0.29, 0.717) is 16.4 Å². The number of benzene rings is 1. The summed E-state index contributed by atoms with van der Waals surface area (Å²) in [7, 11) is 0. The number of nitrogens with zero attached hydrogens (tertiary/aromatic N) is 1. The van der Waals surface area contributed by atoms with Crippen molar-refractivity contribution >= 4 is 39.3 Å². The molecular formula is C14H15BrClN3O. The van der Waals surface area contributed by atoms with Gasteiger partial charge in [0.2, 0.25) is 0 Å². The molecule has 0 saturated carbocycles. The lowest BCUT2D eigenvalue weighted by molar-refractivity contribution is 0.102. The third-order valence-corrected chi connectivity index (χ3v) is 4.04. The Morgan fingerprint density at radius 2 is 2.05 bits per heavy atom. The van der Waals surface area contributed by atoms with Crippen LogP contribution in [0.3, 0.4) is 0 Å². The first-order valence-corrected chi connectivity index (χ1v) is 7.27. The highest BCUT2D eigenvalue weighted by atomic mass is 79.9. The van der Waals surface area contributed by atoms with E-state index in [1.807, 2.05) is 6.07 Å². The van der Waals surface area contributed by atoms with Gasteiger partial charge in [-0.3, -0.25) is 9.89 Å².